The Bertz CT molecular complexity index is 3750. The monoisotopic (exact) mass is 1460 g/mol. The number of para-hydroxylation sites is 2. The number of benzene rings is 2. The van der Waals surface area contributed by atoms with Gasteiger partial charge in [0.1, 0.15) is 72.6 Å². The van der Waals surface area contributed by atoms with Crippen LogP contribution in [0.15, 0.2) is 54.7 Å². The molecule has 1 saturated heterocycles. The second kappa shape index (κ2) is 40.3. The largest absolute Gasteiger partial charge is 0.481 e. The van der Waals surface area contributed by atoms with Crippen LogP contribution in [0.5, 0.6) is 0 Å². The first-order valence-corrected chi connectivity index (χ1v) is 32.1. The van der Waals surface area contributed by atoms with Crippen LogP contribution >= 0.6 is 0 Å². The van der Waals surface area contributed by atoms with Crippen molar-refractivity contribution in [2.45, 2.75) is 159 Å². The Morgan fingerprint density at radius 1 is 0.577 bits per heavy atom. The number of cyclic esters (lactones) is 1. The summed E-state index contributed by atoms with van der Waals surface area (Å²) >= 11 is 0. The summed E-state index contributed by atoms with van der Waals surface area (Å²) in [5, 5.41) is 78.2. The van der Waals surface area contributed by atoms with Gasteiger partial charge in [0, 0.05) is 48.1 Å². The zero-order valence-corrected chi connectivity index (χ0v) is 56.7. The maximum Gasteiger partial charge on any atom is 0.329 e. The molecule has 0 radical (unpaired) electrons. The number of aromatic amines is 1. The number of aliphatic hydroxyl groups excluding tert-OH is 1. The molecule has 1 aliphatic heterocycles. The number of nitrogens with two attached hydrogens (primary N) is 2. The van der Waals surface area contributed by atoms with Crippen LogP contribution in [0.1, 0.15) is 95.5 Å². The van der Waals surface area contributed by atoms with E-state index in [4.69, 9.17) is 16.2 Å². The first-order chi connectivity index (χ1) is 48.9. The van der Waals surface area contributed by atoms with Crippen LogP contribution in [0.2, 0.25) is 0 Å². The maximum atomic E-state index is 14.7. The molecule has 3 aromatic rings. The number of nitrogen functional groups attached to an aromatic ring is 1. The van der Waals surface area contributed by atoms with E-state index in [0.717, 1.165) is 34.6 Å². The molecule has 0 saturated carbocycles. The predicted octanol–water partition coefficient (Wildman–Crippen LogP) is -7.60. The average Bonchev–Trinajstić information content (AvgIpc) is 1.54. The Hall–Kier alpha value is -12.2. The van der Waals surface area contributed by atoms with Gasteiger partial charge in [-0.15, -0.1) is 0 Å². The molecule has 1 aromatic heterocycles. The number of ether oxygens (including phenoxy) is 1. The minimum atomic E-state index is -2.37. The lowest BCUT2D eigenvalue weighted by Gasteiger charge is -2.30. The lowest BCUT2D eigenvalue weighted by molar-refractivity contribution is -0.156. The smallest absolute Gasteiger partial charge is 0.329 e. The number of nitrogens with one attached hydrogen (secondary N) is 14. The molecule has 0 bridgehead atoms. The number of Topliss-reactive ketones (excluding diaryl/α,β-unsaturated/α-hetero) is 1. The zero-order valence-electron chi connectivity index (χ0n) is 56.7. The van der Waals surface area contributed by atoms with Gasteiger partial charge in [0.15, 0.2) is 5.78 Å². The fraction of sp³-hybridized carbons (Fsp3) is 0.476. The van der Waals surface area contributed by atoms with Gasteiger partial charge in [0.2, 0.25) is 76.8 Å². The first kappa shape index (κ1) is 84.2. The van der Waals surface area contributed by atoms with Gasteiger partial charge in [-0.2, -0.15) is 0 Å². The van der Waals surface area contributed by atoms with Crippen molar-refractivity contribution in [2.75, 3.05) is 32.0 Å². The Kier molecular flexibility index (Phi) is 32.7. The normalized spacial score (nSPS) is 22.2. The van der Waals surface area contributed by atoms with Crippen LogP contribution in [-0.4, -0.2) is 242 Å². The van der Waals surface area contributed by atoms with Crippen LogP contribution in [0.3, 0.4) is 0 Å². The number of carbonyl (C=O) groups excluding carboxylic acids is 15. The molecule has 13 atom stereocenters. The highest BCUT2D eigenvalue weighted by molar-refractivity contribution is 6.05. The average molecular weight is 1470 g/mol. The van der Waals surface area contributed by atoms with Crippen LogP contribution in [0, 0.1) is 5.92 Å². The third kappa shape index (κ3) is 26.7. The third-order valence-corrected chi connectivity index (χ3v) is 15.6. The molecule has 13 unspecified atom stereocenters. The molecule has 41 nitrogen and oxygen atoms in total. The SMILES string of the molecule is CC(=O)NC(Cc1c[nH]c2ccccc12)C(=O)NC(C)C(=O)NC(CC(=O)O)C(=O)NC1C(=O)NCC(=O)NC(CCCN)C(=O)NC(CC(=O)O)C(=O)NC(C)C(=O)NC(CC(=O)O)C(=O)NCC(=O)NC(CO)C(=O)NC(C(C)CC(=O)O)C(=O)NC(CC(=O)c2ccccc2N)C(=O)OC1C. The molecule has 23 N–H and O–H groups in total. The van der Waals surface area contributed by atoms with Gasteiger partial charge in [-0.05, 0) is 69.8 Å². The van der Waals surface area contributed by atoms with Crippen molar-refractivity contribution in [3.63, 3.8) is 0 Å². The van der Waals surface area contributed by atoms with Gasteiger partial charge >= 0.3 is 29.8 Å². The van der Waals surface area contributed by atoms with E-state index in [9.17, 15) is 117 Å². The van der Waals surface area contributed by atoms with Crippen molar-refractivity contribution in [2.24, 2.45) is 11.7 Å². The van der Waals surface area contributed by atoms with Crippen molar-refractivity contribution < 1.29 is 121 Å². The molecule has 1 fully saturated rings. The van der Waals surface area contributed by atoms with Crippen molar-refractivity contribution in [1.29, 1.82) is 0 Å². The summed E-state index contributed by atoms with van der Waals surface area (Å²) in [5.74, 6) is -27.7. The number of anilines is 1. The third-order valence-electron chi connectivity index (χ3n) is 15.6. The summed E-state index contributed by atoms with van der Waals surface area (Å²) in [6, 6.07) is -9.43. The highest BCUT2D eigenvalue weighted by Gasteiger charge is 2.40. The summed E-state index contributed by atoms with van der Waals surface area (Å²) in [7, 11) is 0. The molecule has 0 aliphatic carbocycles. The molecule has 4 rings (SSSR count). The number of esters is 1. The number of hydrogen-bond acceptors (Lipinski definition) is 23. The van der Waals surface area contributed by atoms with Crippen LogP contribution in [0.4, 0.5) is 5.69 Å². The van der Waals surface area contributed by atoms with Crippen molar-refractivity contribution >= 4 is 129 Å². The molecule has 1 aliphatic rings. The molecular weight excluding hydrogens is 1380 g/mol. The van der Waals surface area contributed by atoms with Gasteiger partial charge in [0.05, 0.1) is 45.4 Å². The van der Waals surface area contributed by atoms with Crippen LogP contribution in [0.25, 0.3) is 10.9 Å². The molecular formula is C63H84N16O25. The number of carboxylic acid groups (broad SMARTS) is 4. The highest BCUT2D eigenvalue weighted by Crippen LogP contribution is 2.21. The summed E-state index contributed by atoms with van der Waals surface area (Å²) < 4.78 is 5.64. The molecule has 41 heteroatoms. The second-order valence-electron chi connectivity index (χ2n) is 24.0. The van der Waals surface area contributed by atoms with Crippen LogP contribution in [-0.2, 0) is 97.5 Å². The molecule has 104 heavy (non-hydrogen) atoms. The fourth-order valence-electron chi connectivity index (χ4n) is 10.2. The second-order valence-corrected chi connectivity index (χ2v) is 24.0. The number of carboxylic acids is 4. The van der Waals surface area contributed by atoms with E-state index in [0.29, 0.717) is 16.5 Å². The minimum absolute atomic E-state index is 0.0708. The van der Waals surface area contributed by atoms with Gasteiger partial charge in [0.25, 0.3) is 0 Å². The quantitative estimate of drug-likeness (QED) is 0.0213. The molecule has 0 spiro atoms. The first-order valence-electron chi connectivity index (χ1n) is 32.1. The number of amides is 13. The van der Waals surface area contributed by atoms with Gasteiger partial charge < -0.3 is 116 Å². The van der Waals surface area contributed by atoms with E-state index in [2.05, 4.69) is 58.2 Å². The van der Waals surface area contributed by atoms with Gasteiger partial charge in [-0.25, -0.2) is 4.79 Å². The number of rotatable bonds is 25. The van der Waals surface area contributed by atoms with Gasteiger partial charge in [-0.1, -0.05) is 37.3 Å². The Morgan fingerprint density at radius 2 is 1.13 bits per heavy atom. The Morgan fingerprint density at radius 3 is 1.73 bits per heavy atom. The number of fused-ring (bicyclic) bond motifs is 1. The maximum absolute atomic E-state index is 14.7. The molecule has 13 amide bonds. The lowest BCUT2D eigenvalue weighted by Crippen LogP contribution is -2.61. The topological polar surface area (TPSA) is 659 Å². The number of aromatic nitrogens is 1. The number of H-pyrrole nitrogens is 1. The molecule has 2 heterocycles. The van der Waals surface area contributed by atoms with E-state index in [1.165, 1.54) is 24.3 Å². The Labute approximate surface area is 590 Å². The van der Waals surface area contributed by atoms with E-state index in [1.807, 2.05) is 16.0 Å². The fourth-order valence-corrected chi connectivity index (χ4v) is 10.2. The summed E-state index contributed by atoms with van der Waals surface area (Å²) in [6.07, 6.45) is -6.83. The van der Waals surface area contributed by atoms with E-state index < -0.39 is 243 Å². The van der Waals surface area contributed by atoms with Gasteiger partial charge in [-0.3, -0.25) is 86.3 Å². The summed E-state index contributed by atoms with van der Waals surface area (Å²) in [5.41, 5.74) is 12.6. The van der Waals surface area contributed by atoms with Crippen molar-refractivity contribution in [3.8, 4) is 0 Å². The summed E-state index contributed by atoms with van der Waals surface area (Å²) in [4.78, 5) is 259. The highest BCUT2D eigenvalue weighted by atomic mass is 16.5. The number of aliphatic carboxylic acids is 4. The van der Waals surface area contributed by atoms with E-state index in [1.54, 1.807) is 30.5 Å². The van der Waals surface area contributed by atoms with E-state index >= 15 is 0 Å². The Balaban J connectivity index is 1.84. The molecule has 2 aromatic carbocycles. The standard InChI is InChI=1S/C63H84N16O25/c1-27(17-47(85)86)51-62(102)77-42(19-44(82)34-12-6-8-13-35(34)65)63(103)104-30(4)52(79-59(99)41(22-50(91)92)75-54(94)29(3)69-57(97)38(71-31(5)81)18-32-23-66-36-14-9-7-11-33(32)36)61(101)68-25-45(83)72-37(15-10-16-64)56(96)76-40(21-49(89)90)58(98)70-28(2)53(93)74-39(20-48(87)88)55(95)67-24-46(84)73-43(26-80)60(100)78-51/h6-9,11-14,23,27-30,37-43,51-52,66,80H,10,15-22,24-26,64-65H2,1-5H3,(H,67,95)(H,68,101)(H,69,97)(H,70,98)(H,71,81)(H,72,83)(H,73,84)(H,74,93)(H,75,94)(H,76,96)(H,77,102)(H,78,100)(H,79,99)(H,85,86)(H,87,88)(H,89,90)(H,91,92). The van der Waals surface area contributed by atoms with Crippen molar-refractivity contribution in [3.05, 3.63) is 65.9 Å². The number of carbonyl (C=O) groups is 19. The predicted molar refractivity (Wildman–Crippen MR) is 355 cm³/mol. The lowest BCUT2D eigenvalue weighted by atomic mass is 9.96. The minimum Gasteiger partial charge on any atom is -0.481 e. The van der Waals surface area contributed by atoms with E-state index in [-0.39, 0.29) is 37.1 Å². The zero-order chi connectivity index (χ0) is 77.8. The van der Waals surface area contributed by atoms with Crippen LogP contribution < -0.4 is 80.6 Å². The van der Waals surface area contributed by atoms with Crippen molar-refractivity contribution in [1.82, 2.24) is 74.1 Å². The number of aliphatic hydroxyl groups is 1. The summed E-state index contributed by atoms with van der Waals surface area (Å²) in [6.45, 7) is 1.44. The number of ketones is 1. The number of hydrogen-bond donors (Lipinski definition) is 21. The molecule has 566 valence electrons.